The third-order valence-electron chi connectivity index (χ3n) is 4.97. The van der Waals surface area contributed by atoms with Crippen molar-refractivity contribution in [3.8, 4) is 22.6 Å². The van der Waals surface area contributed by atoms with Crippen molar-refractivity contribution in [2.24, 2.45) is 5.14 Å². The summed E-state index contributed by atoms with van der Waals surface area (Å²) in [6.07, 6.45) is 1.61. The molecule has 3 N–H and O–H groups in total. The van der Waals surface area contributed by atoms with Gasteiger partial charge in [0.25, 0.3) is 0 Å². The summed E-state index contributed by atoms with van der Waals surface area (Å²) in [4.78, 5) is 8.79. The van der Waals surface area contributed by atoms with Crippen molar-refractivity contribution in [1.29, 1.82) is 0 Å². The number of nitrogens with zero attached hydrogens (tertiary/aromatic N) is 3. The standard InChI is InChI=1S/C23H16FN5O3S/c24-16-4-1-14(2-5-16)22-19-13-15(3-10-21(19)29-32-22)20-11-12-26-23(28-20)27-17-6-8-18(9-7-17)33(25,30)31/h1-13H,(H2,25,30,31)(H,26,27,28). The van der Waals surface area contributed by atoms with Gasteiger partial charge in [-0.25, -0.2) is 27.9 Å². The first-order valence-electron chi connectivity index (χ1n) is 9.75. The molecule has 0 saturated carbocycles. The number of rotatable bonds is 5. The highest BCUT2D eigenvalue weighted by molar-refractivity contribution is 7.89. The predicted octanol–water partition coefficient (Wildman–Crippen LogP) is 4.48. The normalized spacial score (nSPS) is 11.6. The molecule has 33 heavy (non-hydrogen) atoms. The first-order chi connectivity index (χ1) is 15.9. The molecule has 0 spiro atoms. The molecule has 0 aliphatic rings. The smallest absolute Gasteiger partial charge is 0.238 e. The Balaban J connectivity index is 1.46. The summed E-state index contributed by atoms with van der Waals surface area (Å²) in [5.74, 6) is 0.540. The molecular weight excluding hydrogens is 445 g/mol. The first kappa shape index (κ1) is 20.7. The van der Waals surface area contributed by atoms with Crippen LogP contribution >= 0.6 is 0 Å². The van der Waals surface area contributed by atoms with Crippen molar-refractivity contribution in [3.05, 3.63) is 84.8 Å². The average Bonchev–Trinajstić information content (AvgIpc) is 3.23. The number of nitrogens with one attached hydrogen (secondary N) is 1. The van der Waals surface area contributed by atoms with E-state index in [0.717, 1.165) is 10.9 Å². The molecule has 164 valence electrons. The number of halogens is 1. The molecule has 0 radical (unpaired) electrons. The maximum atomic E-state index is 13.3. The van der Waals surface area contributed by atoms with Crippen molar-refractivity contribution < 1.29 is 17.3 Å². The van der Waals surface area contributed by atoms with Crippen molar-refractivity contribution in [1.82, 2.24) is 15.1 Å². The number of nitrogens with two attached hydrogens (primary N) is 1. The summed E-state index contributed by atoms with van der Waals surface area (Å²) in [6, 6.07) is 19.3. The zero-order chi connectivity index (χ0) is 23.0. The lowest BCUT2D eigenvalue weighted by Gasteiger charge is -2.07. The predicted molar refractivity (Wildman–Crippen MR) is 122 cm³/mol. The van der Waals surface area contributed by atoms with E-state index in [1.54, 1.807) is 36.5 Å². The number of sulfonamides is 1. The SMILES string of the molecule is NS(=O)(=O)c1ccc(Nc2nccc(-c3ccc4noc(-c5ccc(F)cc5)c4c3)n2)cc1. The fourth-order valence-corrected chi connectivity index (χ4v) is 3.86. The molecule has 0 amide bonds. The minimum atomic E-state index is -3.76. The van der Waals surface area contributed by atoms with Crippen LogP contribution in [0, 0.1) is 5.82 Å². The topological polar surface area (TPSA) is 124 Å². The van der Waals surface area contributed by atoms with Gasteiger partial charge < -0.3 is 9.84 Å². The van der Waals surface area contributed by atoms with Crippen molar-refractivity contribution in [2.45, 2.75) is 4.90 Å². The van der Waals surface area contributed by atoms with Crippen LogP contribution in [0.15, 0.2) is 88.4 Å². The summed E-state index contributed by atoms with van der Waals surface area (Å²) < 4.78 is 41.6. The molecule has 0 aliphatic heterocycles. The van der Waals surface area contributed by atoms with Crippen molar-refractivity contribution in [2.75, 3.05) is 5.32 Å². The van der Waals surface area contributed by atoms with Gasteiger partial charge in [-0.3, -0.25) is 0 Å². The van der Waals surface area contributed by atoms with Gasteiger partial charge in [0.2, 0.25) is 16.0 Å². The summed E-state index contributed by atoms with van der Waals surface area (Å²) in [5.41, 5.74) is 3.45. The van der Waals surface area contributed by atoms with E-state index in [4.69, 9.17) is 9.66 Å². The summed E-state index contributed by atoms with van der Waals surface area (Å²) in [6.45, 7) is 0. The highest BCUT2D eigenvalue weighted by atomic mass is 32.2. The Morgan fingerprint density at radius 1 is 0.909 bits per heavy atom. The minimum absolute atomic E-state index is 0.0155. The molecule has 0 atom stereocenters. The molecule has 3 aromatic carbocycles. The van der Waals surface area contributed by atoms with E-state index < -0.39 is 10.0 Å². The summed E-state index contributed by atoms with van der Waals surface area (Å²) in [7, 11) is -3.76. The van der Waals surface area contributed by atoms with Crippen LogP contribution in [-0.2, 0) is 10.0 Å². The molecule has 2 aromatic heterocycles. The second kappa shape index (κ2) is 8.08. The second-order valence-corrected chi connectivity index (χ2v) is 8.77. The summed E-state index contributed by atoms with van der Waals surface area (Å²) in [5, 5.41) is 13.0. The Hall–Kier alpha value is -4.15. The van der Waals surface area contributed by atoms with Gasteiger partial charge in [-0.2, -0.15) is 0 Å². The zero-order valence-electron chi connectivity index (χ0n) is 16.9. The molecule has 0 unspecified atom stereocenters. The molecule has 8 nitrogen and oxygen atoms in total. The fraction of sp³-hybridized carbons (Fsp3) is 0. The van der Waals surface area contributed by atoms with Crippen LogP contribution in [0.25, 0.3) is 33.5 Å². The molecule has 5 aromatic rings. The fourth-order valence-electron chi connectivity index (χ4n) is 3.35. The molecule has 0 aliphatic carbocycles. The van der Waals surface area contributed by atoms with Crippen LogP contribution in [0.2, 0.25) is 0 Å². The first-order valence-corrected chi connectivity index (χ1v) is 11.3. The van der Waals surface area contributed by atoms with Gasteiger partial charge in [0.15, 0.2) is 5.76 Å². The molecule has 10 heteroatoms. The number of aromatic nitrogens is 3. The van der Waals surface area contributed by atoms with Crippen LogP contribution < -0.4 is 10.5 Å². The van der Waals surface area contributed by atoms with Gasteiger partial charge in [0.05, 0.1) is 16.0 Å². The second-order valence-electron chi connectivity index (χ2n) is 7.21. The Morgan fingerprint density at radius 3 is 2.36 bits per heavy atom. The van der Waals surface area contributed by atoms with Gasteiger partial charge >= 0.3 is 0 Å². The van der Waals surface area contributed by atoms with Crippen LogP contribution in [0.1, 0.15) is 0 Å². The quantitative estimate of drug-likeness (QED) is 0.395. The van der Waals surface area contributed by atoms with E-state index in [9.17, 15) is 12.8 Å². The maximum Gasteiger partial charge on any atom is 0.238 e. The minimum Gasteiger partial charge on any atom is -0.355 e. The van der Waals surface area contributed by atoms with Crippen LogP contribution in [0.3, 0.4) is 0 Å². The Kier molecular flexibility index (Phi) is 5.08. The number of anilines is 2. The van der Waals surface area contributed by atoms with Crippen molar-refractivity contribution in [3.63, 3.8) is 0 Å². The molecule has 2 heterocycles. The molecular formula is C23H16FN5O3S. The average molecular weight is 461 g/mol. The highest BCUT2D eigenvalue weighted by Gasteiger charge is 2.13. The number of benzene rings is 3. The van der Waals surface area contributed by atoms with E-state index in [0.29, 0.717) is 34.2 Å². The molecule has 0 saturated heterocycles. The van der Waals surface area contributed by atoms with Crippen LogP contribution in [-0.4, -0.2) is 23.5 Å². The van der Waals surface area contributed by atoms with Crippen molar-refractivity contribution >= 4 is 32.6 Å². The Labute approximate surface area is 188 Å². The number of hydrogen-bond acceptors (Lipinski definition) is 7. The summed E-state index contributed by atoms with van der Waals surface area (Å²) >= 11 is 0. The number of hydrogen-bond donors (Lipinski definition) is 2. The lowest BCUT2D eigenvalue weighted by atomic mass is 10.0. The monoisotopic (exact) mass is 461 g/mol. The molecule has 5 rings (SSSR count). The van der Waals surface area contributed by atoms with E-state index in [2.05, 4.69) is 20.4 Å². The maximum absolute atomic E-state index is 13.3. The van der Waals surface area contributed by atoms with Crippen LogP contribution in [0.4, 0.5) is 16.0 Å². The number of primary sulfonamides is 1. The van der Waals surface area contributed by atoms with E-state index >= 15 is 0 Å². The van der Waals surface area contributed by atoms with Gasteiger partial charge in [-0.05, 0) is 66.7 Å². The third-order valence-corrected chi connectivity index (χ3v) is 5.90. The van der Waals surface area contributed by atoms with Gasteiger partial charge in [0.1, 0.15) is 11.3 Å². The van der Waals surface area contributed by atoms with E-state index in [1.165, 1.54) is 24.3 Å². The largest absolute Gasteiger partial charge is 0.355 e. The Bertz CT molecular complexity index is 1570. The van der Waals surface area contributed by atoms with E-state index in [1.807, 2.05) is 18.2 Å². The molecule has 0 bridgehead atoms. The van der Waals surface area contributed by atoms with Crippen LogP contribution in [0.5, 0.6) is 0 Å². The number of fused-ring (bicyclic) bond motifs is 1. The third kappa shape index (κ3) is 4.29. The van der Waals surface area contributed by atoms with Gasteiger partial charge in [0, 0.05) is 23.0 Å². The van der Waals surface area contributed by atoms with Gasteiger partial charge in [-0.1, -0.05) is 11.2 Å². The zero-order valence-corrected chi connectivity index (χ0v) is 17.8. The lowest BCUT2D eigenvalue weighted by molar-refractivity contribution is 0.441. The van der Waals surface area contributed by atoms with Gasteiger partial charge in [-0.15, -0.1) is 0 Å². The molecule has 0 fully saturated rings. The van der Waals surface area contributed by atoms with E-state index in [-0.39, 0.29) is 10.7 Å². The lowest BCUT2D eigenvalue weighted by Crippen LogP contribution is -2.11. The Morgan fingerprint density at radius 2 is 1.64 bits per heavy atom. The highest BCUT2D eigenvalue weighted by Crippen LogP contribution is 2.32.